The summed E-state index contributed by atoms with van der Waals surface area (Å²) in [6, 6.07) is 0. The van der Waals surface area contributed by atoms with Crippen LogP contribution in [-0.2, 0) is 4.79 Å². The molecule has 0 saturated heterocycles. The number of aliphatic carboxylic acids is 1. The van der Waals surface area contributed by atoms with Crippen molar-refractivity contribution >= 4 is 5.97 Å². The summed E-state index contributed by atoms with van der Waals surface area (Å²) < 4.78 is 12.1. The first-order valence-corrected chi connectivity index (χ1v) is 3.47. The Morgan fingerprint density at radius 1 is 1.82 bits per heavy atom. The third kappa shape index (κ3) is 3.93. The summed E-state index contributed by atoms with van der Waals surface area (Å²) in [5.74, 6) is -1.52. The number of carboxylic acids is 1. The molecule has 0 aliphatic rings. The lowest BCUT2D eigenvalue weighted by Crippen LogP contribution is -2.41. The molecule has 0 aliphatic heterocycles. The summed E-state index contributed by atoms with van der Waals surface area (Å²) in [6.45, 7) is 2.33. The number of rotatable bonds is 4. The second-order valence-corrected chi connectivity index (χ2v) is 3.23. The Hall–Kier alpha value is -0.640. The average molecular weight is 163 g/mol. The molecule has 0 heterocycles. The van der Waals surface area contributed by atoms with Gasteiger partial charge in [0.05, 0.1) is 5.92 Å². The smallest absolute Gasteiger partial charge is 0.306 e. The van der Waals surface area contributed by atoms with Crippen LogP contribution in [0.5, 0.6) is 0 Å². The van der Waals surface area contributed by atoms with Crippen LogP contribution in [0.25, 0.3) is 0 Å². The second kappa shape index (κ2) is 3.67. The fourth-order valence-electron chi connectivity index (χ4n) is 0.841. The Bertz CT molecular complexity index is 147. The Kier molecular flexibility index (Phi) is 3.45. The van der Waals surface area contributed by atoms with E-state index in [1.807, 2.05) is 0 Å². The van der Waals surface area contributed by atoms with Crippen molar-refractivity contribution in [2.24, 2.45) is 11.7 Å². The van der Waals surface area contributed by atoms with E-state index in [1.54, 1.807) is 0 Å². The standard InChI is InChI=1S/C7H14FNO2/c1-5(6(10)11)3-7(2,9)4-8/h5H,3-4,9H2,1-2H3,(H,10,11). The van der Waals surface area contributed by atoms with Crippen LogP contribution < -0.4 is 5.73 Å². The van der Waals surface area contributed by atoms with E-state index in [0.29, 0.717) is 0 Å². The highest BCUT2D eigenvalue weighted by Gasteiger charge is 2.24. The summed E-state index contributed by atoms with van der Waals surface area (Å²) in [4.78, 5) is 10.3. The molecule has 0 radical (unpaired) electrons. The summed E-state index contributed by atoms with van der Waals surface area (Å²) in [5.41, 5.74) is 4.41. The van der Waals surface area contributed by atoms with E-state index in [1.165, 1.54) is 13.8 Å². The van der Waals surface area contributed by atoms with Crippen molar-refractivity contribution in [1.29, 1.82) is 0 Å². The van der Waals surface area contributed by atoms with Gasteiger partial charge in [-0.15, -0.1) is 0 Å². The Morgan fingerprint density at radius 2 is 2.27 bits per heavy atom. The highest BCUT2D eigenvalue weighted by atomic mass is 19.1. The van der Waals surface area contributed by atoms with E-state index in [-0.39, 0.29) is 6.42 Å². The van der Waals surface area contributed by atoms with Crippen LogP contribution in [0, 0.1) is 5.92 Å². The van der Waals surface area contributed by atoms with Crippen LogP contribution in [0.2, 0.25) is 0 Å². The SMILES string of the molecule is CC(CC(C)(N)CF)C(=O)O. The highest BCUT2D eigenvalue weighted by Crippen LogP contribution is 2.14. The van der Waals surface area contributed by atoms with E-state index < -0.39 is 24.1 Å². The minimum atomic E-state index is -1.00. The zero-order valence-corrected chi connectivity index (χ0v) is 6.80. The highest BCUT2D eigenvalue weighted by molar-refractivity contribution is 5.69. The Labute approximate surface area is 65.4 Å². The van der Waals surface area contributed by atoms with Crippen molar-refractivity contribution < 1.29 is 14.3 Å². The van der Waals surface area contributed by atoms with Crippen molar-refractivity contribution in [3.63, 3.8) is 0 Å². The quantitative estimate of drug-likeness (QED) is 0.643. The van der Waals surface area contributed by atoms with Crippen LogP contribution in [0.1, 0.15) is 20.3 Å². The van der Waals surface area contributed by atoms with Crippen LogP contribution in [-0.4, -0.2) is 23.3 Å². The summed E-state index contributed by atoms with van der Waals surface area (Å²) in [7, 11) is 0. The first-order chi connectivity index (χ1) is 4.89. The van der Waals surface area contributed by atoms with Crippen LogP contribution in [0.3, 0.4) is 0 Å². The molecule has 11 heavy (non-hydrogen) atoms. The molecule has 0 fully saturated rings. The summed E-state index contributed by atoms with van der Waals surface area (Å²) in [5, 5.41) is 8.46. The van der Waals surface area contributed by atoms with Gasteiger partial charge in [-0.2, -0.15) is 0 Å². The fraction of sp³-hybridized carbons (Fsp3) is 0.857. The van der Waals surface area contributed by atoms with Crippen molar-refractivity contribution in [1.82, 2.24) is 0 Å². The number of hydrogen-bond acceptors (Lipinski definition) is 2. The van der Waals surface area contributed by atoms with E-state index in [0.717, 1.165) is 0 Å². The van der Waals surface area contributed by atoms with Crippen LogP contribution >= 0.6 is 0 Å². The predicted molar refractivity (Wildman–Crippen MR) is 40.0 cm³/mol. The molecule has 0 saturated carbocycles. The average Bonchev–Trinajstić information content (AvgIpc) is 1.87. The molecule has 0 bridgehead atoms. The lowest BCUT2D eigenvalue weighted by Gasteiger charge is -2.22. The molecule has 2 unspecified atom stereocenters. The third-order valence-electron chi connectivity index (χ3n) is 1.50. The van der Waals surface area contributed by atoms with E-state index in [4.69, 9.17) is 10.8 Å². The number of nitrogens with two attached hydrogens (primary N) is 1. The molecule has 0 amide bonds. The maximum Gasteiger partial charge on any atom is 0.306 e. The number of halogens is 1. The lowest BCUT2D eigenvalue weighted by atomic mass is 9.92. The second-order valence-electron chi connectivity index (χ2n) is 3.23. The van der Waals surface area contributed by atoms with Crippen LogP contribution in [0.15, 0.2) is 0 Å². The predicted octanol–water partition coefficient (Wildman–Crippen LogP) is 0.784. The third-order valence-corrected chi connectivity index (χ3v) is 1.50. The molecular formula is C7H14FNO2. The molecule has 0 aromatic carbocycles. The minimum Gasteiger partial charge on any atom is -0.481 e. The molecule has 0 aromatic heterocycles. The molecular weight excluding hydrogens is 149 g/mol. The van der Waals surface area contributed by atoms with Crippen molar-refractivity contribution in [3.8, 4) is 0 Å². The van der Waals surface area contributed by atoms with Gasteiger partial charge in [0, 0.05) is 5.54 Å². The maximum absolute atomic E-state index is 12.1. The summed E-state index contributed by atoms with van der Waals surface area (Å²) >= 11 is 0. The normalized spacial score (nSPS) is 18.9. The first kappa shape index (κ1) is 10.4. The van der Waals surface area contributed by atoms with Gasteiger partial charge in [0.1, 0.15) is 6.67 Å². The fourth-order valence-corrected chi connectivity index (χ4v) is 0.841. The van der Waals surface area contributed by atoms with Crippen LogP contribution in [0.4, 0.5) is 4.39 Å². The largest absolute Gasteiger partial charge is 0.481 e. The minimum absolute atomic E-state index is 0.166. The molecule has 2 atom stereocenters. The number of alkyl halides is 1. The zero-order chi connectivity index (χ0) is 9.07. The van der Waals surface area contributed by atoms with Crippen molar-refractivity contribution in [3.05, 3.63) is 0 Å². The molecule has 3 N–H and O–H groups in total. The topological polar surface area (TPSA) is 63.3 Å². The molecule has 0 spiro atoms. The molecule has 66 valence electrons. The molecule has 0 rings (SSSR count). The van der Waals surface area contributed by atoms with E-state index >= 15 is 0 Å². The number of hydrogen-bond donors (Lipinski definition) is 2. The molecule has 0 aliphatic carbocycles. The van der Waals surface area contributed by atoms with Gasteiger partial charge in [-0.05, 0) is 13.3 Å². The number of carboxylic acid groups (broad SMARTS) is 1. The maximum atomic E-state index is 12.1. The molecule has 0 aromatic rings. The zero-order valence-electron chi connectivity index (χ0n) is 6.80. The summed E-state index contributed by atoms with van der Waals surface area (Å²) in [6.07, 6.45) is 0.166. The Balaban J connectivity index is 3.93. The van der Waals surface area contributed by atoms with Crippen molar-refractivity contribution in [2.45, 2.75) is 25.8 Å². The van der Waals surface area contributed by atoms with Gasteiger partial charge in [0.2, 0.25) is 0 Å². The van der Waals surface area contributed by atoms with Gasteiger partial charge in [0.15, 0.2) is 0 Å². The van der Waals surface area contributed by atoms with Gasteiger partial charge in [0.25, 0.3) is 0 Å². The lowest BCUT2D eigenvalue weighted by molar-refractivity contribution is -0.141. The van der Waals surface area contributed by atoms with E-state index in [2.05, 4.69) is 0 Å². The Morgan fingerprint density at radius 3 is 2.55 bits per heavy atom. The van der Waals surface area contributed by atoms with Gasteiger partial charge in [-0.25, -0.2) is 4.39 Å². The van der Waals surface area contributed by atoms with E-state index in [9.17, 15) is 9.18 Å². The van der Waals surface area contributed by atoms with Gasteiger partial charge in [-0.1, -0.05) is 6.92 Å². The van der Waals surface area contributed by atoms with Crippen molar-refractivity contribution in [2.75, 3.05) is 6.67 Å². The van der Waals surface area contributed by atoms with Gasteiger partial charge >= 0.3 is 5.97 Å². The molecule has 4 heteroatoms. The van der Waals surface area contributed by atoms with Gasteiger partial charge in [-0.3, -0.25) is 4.79 Å². The number of carbonyl (C=O) groups is 1. The monoisotopic (exact) mass is 163 g/mol. The van der Waals surface area contributed by atoms with Gasteiger partial charge < -0.3 is 10.8 Å². The first-order valence-electron chi connectivity index (χ1n) is 3.47. The molecule has 3 nitrogen and oxygen atoms in total.